The third-order valence-corrected chi connectivity index (χ3v) is 3.32. The van der Waals surface area contributed by atoms with Gasteiger partial charge >= 0.3 is 0 Å². The van der Waals surface area contributed by atoms with Gasteiger partial charge in [-0.1, -0.05) is 12.1 Å². The standard InChI is InChI=1S/C17H15N3O/c1-12-15(13-5-3-7-18-10-13)9-16(17(20-12)21-2)14-6-4-8-19-11-14/h3-11H,1-2H3. The lowest BCUT2D eigenvalue weighted by molar-refractivity contribution is 0.399. The van der Waals surface area contributed by atoms with E-state index < -0.39 is 0 Å². The Morgan fingerprint density at radius 2 is 1.52 bits per heavy atom. The second kappa shape index (κ2) is 5.71. The van der Waals surface area contributed by atoms with Crippen LogP contribution in [-0.4, -0.2) is 22.1 Å². The Bertz CT molecular complexity index is 743. The predicted octanol–water partition coefficient (Wildman–Crippen LogP) is 3.52. The van der Waals surface area contributed by atoms with Crippen LogP contribution >= 0.6 is 0 Å². The van der Waals surface area contributed by atoms with E-state index in [1.165, 1.54) is 0 Å². The van der Waals surface area contributed by atoms with E-state index in [4.69, 9.17) is 4.74 Å². The molecule has 0 bridgehead atoms. The second-order valence-electron chi connectivity index (χ2n) is 4.66. The summed E-state index contributed by atoms with van der Waals surface area (Å²) >= 11 is 0. The van der Waals surface area contributed by atoms with E-state index in [-0.39, 0.29) is 0 Å². The summed E-state index contributed by atoms with van der Waals surface area (Å²) in [6.45, 7) is 1.97. The minimum atomic E-state index is 0.605. The number of methoxy groups -OCH3 is 1. The van der Waals surface area contributed by atoms with Crippen molar-refractivity contribution in [2.24, 2.45) is 0 Å². The highest BCUT2D eigenvalue weighted by molar-refractivity contribution is 5.76. The molecule has 0 aliphatic carbocycles. The molecule has 104 valence electrons. The highest BCUT2D eigenvalue weighted by Crippen LogP contribution is 2.33. The van der Waals surface area contributed by atoms with Gasteiger partial charge in [0.25, 0.3) is 0 Å². The molecule has 0 spiro atoms. The van der Waals surface area contributed by atoms with Crippen molar-refractivity contribution in [2.75, 3.05) is 7.11 Å². The molecule has 0 amide bonds. The molecule has 4 nitrogen and oxygen atoms in total. The molecule has 3 heterocycles. The minimum absolute atomic E-state index is 0.605. The summed E-state index contributed by atoms with van der Waals surface area (Å²) in [6, 6.07) is 9.92. The maximum atomic E-state index is 5.42. The molecule has 21 heavy (non-hydrogen) atoms. The largest absolute Gasteiger partial charge is 0.481 e. The van der Waals surface area contributed by atoms with Crippen LogP contribution in [0.1, 0.15) is 5.69 Å². The number of ether oxygens (including phenoxy) is 1. The number of aromatic nitrogens is 3. The smallest absolute Gasteiger partial charge is 0.221 e. The number of nitrogens with zero attached hydrogens (tertiary/aromatic N) is 3. The van der Waals surface area contributed by atoms with Crippen molar-refractivity contribution >= 4 is 0 Å². The summed E-state index contributed by atoms with van der Waals surface area (Å²) in [5.74, 6) is 0.605. The normalized spacial score (nSPS) is 10.4. The molecule has 0 aliphatic rings. The van der Waals surface area contributed by atoms with E-state index in [1.807, 2.05) is 43.6 Å². The molecule has 0 fully saturated rings. The molecule has 4 heteroatoms. The fourth-order valence-corrected chi connectivity index (χ4v) is 2.28. The molecule has 3 rings (SSSR count). The number of aryl methyl sites for hydroxylation is 1. The van der Waals surface area contributed by atoms with E-state index in [0.717, 1.165) is 27.9 Å². The van der Waals surface area contributed by atoms with Crippen LogP contribution in [0.5, 0.6) is 5.88 Å². The zero-order valence-corrected chi connectivity index (χ0v) is 11.9. The first-order valence-corrected chi connectivity index (χ1v) is 6.66. The lowest BCUT2D eigenvalue weighted by Crippen LogP contribution is -1.97. The Kier molecular flexibility index (Phi) is 3.60. The Morgan fingerprint density at radius 1 is 0.905 bits per heavy atom. The number of rotatable bonds is 3. The van der Waals surface area contributed by atoms with Crippen LogP contribution in [0.2, 0.25) is 0 Å². The van der Waals surface area contributed by atoms with Gasteiger partial charge in [0.1, 0.15) is 0 Å². The van der Waals surface area contributed by atoms with E-state index in [0.29, 0.717) is 5.88 Å². The van der Waals surface area contributed by atoms with Crippen LogP contribution in [0.15, 0.2) is 55.1 Å². The molecule has 0 unspecified atom stereocenters. The monoisotopic (exact) mass is 277 g/mol. The lowest BCUT2D eigenvalue weighted by Gasteiger charge is -2.12. The first-order valence-electron chi connectivity index (χ1n) is 6.66. The van der Waals surface area contributed by atoms with Crippen LogP contribution in [0.4, 0.5) is 0 Å². The highest BCUT2D eigenvalue weighted by Gasteiger charge is 2.13. The fourth-order valence-electron chi connectivity index (χ4n) is 2.28. The molecule has 3 aromatic rings. The second-order valence-corrected chi connectivity index (χ2v) is 4.66. The lowest BCUT2D eigenvalue weighted by atomic mass is 10.0. The zero-order valence-electron chi connectivity index (χ0n) is 11.9. The molecule has 0 N–H and O–H groups in total. The Balaban J connectivity index is 2.20. The van der Waals surface area contributed by atoms with E-state index in [2.05, 4.69) is 21.0 Å². The van der Waals surface area contributed by atoms with Gasteiger partial charge in [-0.3, -0.25) is 9.97 Å². The molecule has 3 aromatic heterocycles. The van der Waals surface area contributed by atoms with Crippen LogP contribution < -0.4 is 4.74 Å². The highest BCUT2D eigenvalue weighted by atomic mass is 16.5. The van der Waals surface area contributed by atoms with Crippen molar-refractivity contribution in [3.63, 3.8) is 0 Å². The first kappa shape index (κ1) is 13.2. The van der Waals surface area contributed by atoms with Gasteiger partial charge in [-0.25, -0.2) is 4.98 Å². The summed E-state index contributed by atoms with van der Waals surface area (Å²) in [5, 5.41) is 0. The minimum Gasteiger partial charge on any atom is -0.481 e. The zero-order chi connectivity index (χ0) is 14.7. The van der Waals surface area contributed by atoms with Crippen LogP contribution in [0.25, 0.3) is 22.3 Å². The molecule has 0 atom stereocenters. The molecule has 0 saturated heterocycles. The third-order valence-electron chi connectivity index (χ3n) is 3.32. The number of hydrogen-bond acceptors (Lipinski definition) is 4. The van der Waals surface area contributed by atoms with Crippen molar-refractivity contribution in [1.82, 2.24) is 15.0 Å². The molecule has 0 aliphatic heterocycles. The van der Waals surface area contributed by atoms with Gasteiger partial charge in [0.15, 0.2) is 0 Å². The van der Waals surface area contributed by atoms with Crippen LogP contribution in [0, 0.1) is 6.92 Å². The van der Waals surface area contributed by atoms with Crippen molar-refractivity contribution in [3.8, 4) is 28.1 Å². The van der Waals surface area contributed by atoms with Crippen molar-refractivity contribution < 1.29 is 4.74 Å². The van der Waals surface area contributed by atoms with E-state index >= 15 is 0 Å². The topological polar surface area (TPSA) is 47.9 Å². The van der Waals surface area contributed by atoms with Crippen LogP contribution in [0.3, 0.4) is 0 Å². The summed E-state index contributed by atoms with van der Waals surface area (Å²) in [7, 11) is 1.63. The van der Waals surface area contributed by atoms with Crippen molar-refractivity contribution in [2.45, 2.75) is 6.92 Å². The molecule has 0 saturated carbocycles. The third kappa shape index (κ3) is 2.60. The molecular formula is C17H15N3O. The van der Waals surface area contributed by atoms with Gasteiger partial charge in [-0.2, -0.15) is 0 Å². The Morgan fingerprint density at radius 3 is 2.05 bits per heavy atom. The first-order chi connectivity index (χ1) is 10.3. The van der Waals surface area contributed by atoms with Crippen LogP contribution in [-0.2, 0) is 0 Å². The SMILES string of the molecule is COc1nc(C)c(-c2cccnc2)cc1-c1cccnc1. The number of hydrogen-bond donors (Lipinski definition) is 0. The number of pyridine rings is 3. The van der Waals surface area contributed by atoms with Gasteiger partial charge in [-0.15, -0.1) is 0 Å². The van der Waals surface area contributed by atoms with Gasteiger partial charge in [0.05, 0.1) is 7.11 Å². The quantitative estimate of drug-likeness (QED) is 0.735. The Labute approximate surface area is 123 Å². The summed E-state index contributed by atoms with van der Waals surface area (Å²) in [6.07, 6.45) is 7.16. The molecular weight excluding hydrogens is 262 g/mol. The maximum Gasteiger partial charge on any atom is 0.221 e. The van der Waals surface area contributed by atoms with Gasteiger partial charge in [-0.05, 0) is 25.1 Å². The van der Waals surface area contributed by atoms with Gasteiger partial charge < -0.3 is 4.74 Å². The van der Waals surface area contributed by atoms with Gasteiger partial charge in [0, 0.05) is 52.7 Å². The van der Waals surface area contributed by atoms with E-state index in [9.17, 15) is 0 Å². The molecule has 0 radical (unpaired) electrons. The van der Waals surface area contributed by atoms with Crippen molar-refractivity contribution in [1.29, 1.82) is 0 Å². The fraction of sp³-hybridized carbons (Fsp3) is 0.118. The average molecular weight is 277 g/mol. The van der Waals surface area contributed by atoms with E-state index in [1.54, 1.807) is 19.5 Å². The molecule has 0 aromatic carbocycles. The summed E-state index contributed by atoms with van der Waals surface area (Å²) in [4.78, 5) is 12.9. The van der Waals surface area contributed by atoms with Gasteiger partial charge in [0.2, 0.25) is 5.88 Å². The summed E-state index contributed by atoms with van der Waals surface area (Å²) < 4.78 is 5.42. The predicted molar refractivity (Wildman–Crippen MR) is 82.0 cm³/mol. The Hall–Kier alpha value is -2.75. The average Bonchev–Trinajstić information content (AvgIpc) is 2.56. The maximum absolute atomic E-state index is 5.42. The van der Waals surface area contributed by atoms with Crippen molar-refractivity contribution in [3.05, 3.63) is 60.8 Å². The summed E-state index contributed by atoms with van der Waals surface area (Å²) in [5.41, 5.74) is 4.90.